The molecular weight excluding hydrogens is 192 g/mol. The van der Waals surface area contributed by atoms with Crippen molar-refractivity contribution in [1.82, 2.24) is 9.72 Å². The quantitative estimate of drug-likeness (QED) is 0.834. The molecule has 0 spiro atoms. The first-order valence-electron chi connectivity index (χ1n) is 4.92. The smallest absolute Gasteiger partial charge is 0.156 e. The molecule has 0 saturated heterocycles. The van der Waals surface area contributed by atoms with Gasteiger partial charge < -0.3 is 14.2 Å². The molecule has 2 rings (SSSR count). The van der Waals surface area contributed by atoms with E-state index in [2.05, 4.69) is 5.16 Å². The zero-order valence-corrected chi connectivity index (χ0v) is 8.84. The summed E-state index contributed by atoms with van der Waals surface area (Å²) in [5.74, 6) is 0.797. The zero-order valence-electron chi connectivity index (χ0n) is 8.84. The fraction of sp³-hybridized carbons (Fsp3) is 0.364. The summed E-state index contributed by atoms with van der Waals surface area (Å²) in [6.45, 7) is 4.24. The maximum atomic E-state index is 9.51. The van der Waals surface area contributed by atoms with E-state index in [1.54, 1.807) is 6.92 Å². The van der Waals surface area contributed by atoms with Gasteiger partial charge >= 0.3 is 0 Å². The van der Waals surface area contributed by atoms with E-state index in [0.717, 1.165) is 17.1 Å². The number of aliphatic hydroxyl groups is 1. The van der Waals surface area contributed by atoms with Crippen LogP contribution < -0.4 is 0 Å². The number of nitrogens with zero attached hydrogens (tertiary/aromatic N) is 2. The van der Waals surface area contributed by atoms with Gasteiger partial charge in [-0.3, -0.25) is 0 Å². The van der Waals surface area contributed by atoms with Gasteiger partial charge in [0.25, 0.3) is 0 Å². The van der Waals surface area contributed by atoms with Crippen molar-refractivity contribution in [3.05, 3.63) is 41.5 Å². The van der Waals surface area contributed by atoms with E-state index in [1.165, 1.54) is 0 Å². The standard InChI is InChI=1S/C11H14N2O2/c1-8-6-10(15-12-8)7-13-5-3-4-11(13)9(2)14/h3-6,9,14H,7H2,1-2H3. The summed E-state index contributed by atoms with van der Waals surface area (Å²) < 4.78 is 7.07. The minimum atomic E-state index is -0.469. The lowest BCUT2D eigenvalue weighted by Crippen LogP contribution is -2.05. The largest absolute Gasteiger partial charge is 0.387 e. The third-order valence-electron chi connectivity index (χ3n) is 2.30. The van der Waals surface area contributed by atoms with Crippen LogP contribution in [0.15, 0.2) is 28.9 Å². The van der Waals surface area contributed by atoms with Crippen LogP contribution in [0, 0.1) is 6.92 Å². The number of rotatable bonds is 3. The van der Waals surface area contributed by atoms with Gasteiger partial charge in [0.2, 0.25) is 0 Å². The molecule has 80 valence electrons. The normalized spacial score (nSPS) is 13.0. The Bertz CT molecular complexity index is 443. The van der Waals surface area contributed by atoms with Crippen LogP contribution in [0.25, 0.3) is 0 Å². The first-order chi connectivity index (χ1) is 7.16. The molecule has 0 aromatic carbocycles. The Morgan fingerprint density at radius 1 is 1.60 bits per heavy atom. The van der Waals surface area contributed by atoms with Crippen molar-refractivity contribution in [1.29, 1.82) is 0 Å². The van der Waals surface area contributed by atoms with E-state index in [0.29, 0.717) is 6.54 Å². The van der Waals surface area contributed by atoms with E-state index in [1.807, 2.05) is 35.9 Å². The molecule has 15 heavy (non-hydrogen) atoms. The van der Waals surface area contributed by atoms with Crippen LogP contribution in [0.1, 0.15) is 30.2 Å². The Labute approximate surface area is 88.1 Å². The highest BCUT2D eigenvalue weighted by atomic mass is 16.5. The second-order valence-electron chi connectivity index (χ2n) is 3.67. The van der Waals surface area contributed by atoms with E-state index < -0.39 is 6.10 Å². The van der Waals surface area contributed by atoms with Crippen molar-refractivity contribution in [2.75, 3.05) is 0 Å². The molecule has 2 heterocycles. The Morgan fingerprint density at radius 2 is 2.40 bits per heavy atom. The fourth-order valence-electron chi connectivity index (χ4n) is 1.61. The lowest BCUT2D eigenvalue weighted by atomic mass is 10.3. The highest BCUT2D eigenvalue weighted by molar-refractivity contribution is 5.12. The van der Waals surface area contributed by atoms with Crippen molar-refractivity contribution in [3.63, 3.8) is 0 Å². The molecule has 0 aliphatic carbocycles. The van der Waals surface area contributed by atoms with Crippen molar-refractivity contribution >= 4 is 0 Å². The SMILES string of the molecule is Cc1cc(Cn2cccc2C(C)O)on1. The minimum Gasteiger partial charge on any atom is -0.387 e. The van der Waals surface area contributed by atoms with E-state index in [4.69, 9.17) is 4.52 Å². The van der Waals surface area contributed by atoms with E-state index in [9.17, 15) is 5.11 Å². The van der Waals surface area contributed by atoms with Gasteiger partial charge in [-0.15, -0.1) is 0 Å². The molecule has 4 heteroatoms. The molecule has 2 aromatic rings. The van der Waals surface area contributed by atoms with Crippen LogP contribution >= 0.6 is 0 Å². The predicted molar refractivity (Wildman–Crippen MR) is 55.4 cm³/mol. The van der Waals surface area contributed by atoms with Crippen molar-refractivity contribution in [2.24, 2.45) is 0 Å². The molecule has 1 atom stereocenters. The molecule has 0 saturated carbocycles. The maximum absolute atomic E-state index is 9.51. The Hall–Kier alpha value is -1.55. The van der Waals surface area contributed by atoms with Crippen LogP contribution in [0.3, 0.4) is 0 Å². The summed E-state index contributed by atoms with van der Waals surface area (Å²) in [7, 11) is 0. The van der Waals surface area contributed by atoms with Gasteiger partial charge in [0.15, 0.2) is 5.76 Å². The molecule has 4 nitrogen and oxygen atoms in total. The Kier molecular flexibility index (Phi) is 2.60. The van der Waals surface area contributed by atoms with Crippen LogP contribution in [-0.4, -0.2) is 14.8 Å². The van der Waals surface area contributed by atoms with Crippen LogP contribution in [-0.2, 0) is 6.54 Å². The maximum Gasteiger partial charge on any atom is 0.156 e. The van der Waals surface area contributed by atoms with Gasteiger partial charge in [0.05, 0.1) is 18.3 Å². The molecule has 0 aliphatic rings. The summed E-state index contributed by atoms with van der Waals surface area (Å²) in [6.07, 6.45) is 1.45. The van der Waals surface area contributed by atoms with Crippen LogP contribution in [0.2, 0.25) is 0 Å². The highest BCUT2D eigenvalue weighted by Crippen LogP contribution is 2.15. The van der Waals surface area contributed by atoms with Crippen molar-refractivity contribution in [3.8, 4) is 0 Å². The first-order valence-corrected chi connectivity index (χ1v) is 4.92. The average Bonchev–Trinajstić information content (AvgIpc) is 2.75. The lowest BCUT2D eigenvalue weighted by Gasteiger charge is -2.08. The number of aliphatic hydroxyl groups excluding tert-OH is 1. The molecule has 0 radical (unpaired) electrons. The predicted octanol–water partition coefficient (Wildman–Crippen LogP) is 1.89. The third kappa shape index (κ3) is 2.10. The molecule has 0 fully saturated rings. The monoisotopic (exact) mass is 206 g/mol. The Balaban J connectivity index is 2.20. The summed E-state index contributed by atoms with van der Waals surface area (Å²) in [5.41, 5.74) is 1.75. The van der Waals surface area contributed by atoms with Gasteiger partial charge in [-0.05, 0) is 26.0 Å². The summed E-state index contributed by atoms with van der Waals surface area (Å²) in [4.78, 5) is 0. The van der Waals surface area contributed by atoms with Gasteiger partial charge in [-0.25, -0.2) is 0 Å². The number of aromatic nitrogens is 2. The zero-order chi connectivity index (χ0) is 10.8. The third-order valence-corrected chi connectivity index (χ3v) is 2.30. The van der Waals surface area contributed by atoms with E-state index >= 15 is 0 Å². The molecule has 0 bridgehead atoms. The minimum absolute atomic E-state index is 0.469. The molecule has 1 N–H and O–H groups in total. The fourth-order valence-corrected chi connectivity index (χ4v) is 1.61. The lowest BCUT2D eigenvalue weighted by molar-refractivity contribution is 0.189. The second-order valence-corrected chi connectivity index (χ2v) is 3.67. The topological polar surface area (TPSA) is 51.2 Å². The summed E-state index contributed by atoms with van der Waals surface area (Å²) >= 11 is 0. The molecular formula is C11H14N2O2. The summed E-state index contributed by atoms with van der Waals surface area (Å²) in [6, 6.07) is 5.70. The number of hydrogen-bond donors (Lipinski definition) is 1. The van der Waals surface area contributed by atoms with Gasteiger partial charge in [-0.2, -0.15) is 0 Å². The van der Waals surface area contributed by atoms with Crippen LogP contribution in [0.5, 0.6) is 0 Å². The van der Waals surface area contributed by atoms with Gasteiger partial charge in [-0.1, -0.05) is 5.16 Å². The van der Waals surface area contributed by atoms with Gasteiger partial charge in [0.1, 0.15) is 0 Å². The van der Waals surface area contributed by atoms with Crippen LogP contribution in [0.4, 0.5) is 0 Å². The van der Waals surface area contributed by atoms with E-state index in [-0.39, 0.29) is 0 Å². The first kappa shape index (κ1) is 9.98. The van der Waals surface area contributed by atoms with Crippen molar-refractivity contribution in [2.45, 2.75) is 26.5 Å². The van der Waals surface area contributed by atoms with Crippen molar-refractivity contribution < 1.29 is 9.63 Å². The molecule has 0 amide bonds. The summed E-state index contributed by atoms with van der Waals surface area (Å²) in [5, 5.41) is 13.3. The number of aryl methyl sites for hydroxylation is 1. The second kappa shape index (κ2) is 3.90. The average molecular weight is 206 g/mol. The molecule has 2 aromatic heterocycles. The molecule has 1 unspecified atom stereocenters. The number of hydrogen-bond acceptors (Lipinski definition) is 3. The molecule has 0 aliphatic heterocycles. The highest BCUT2D eigenvalue weighted by Gasteiger charge is 2.08. The van der Waals surface area contributed by atoms with Gasteiger partial charge in [0, 0.05) is 18.0 Å². The Morgan fingerprint density at radius 3 is 3.00 bits per heavy atom.